The largest absolute Gasteiger partial charge is 0.419 e. The third-order valence-electron chi connectivity index (χ3n) is 7.25. The number of rotatable bonds is 11. The lowest BCUT2D eigenvalue weighted by Gasteiger charge is -2.14. The number of carbonyl (C=O) groups excluding carboxylic acids is 3. The summed E-state index contributed by atoms with van der Waals surface area (Å²) in [5.41, 5.74) is -3.06. The fourth-order valence-electron chi connectivity index (χ4n) is 4.82. The number of hydrogen-bond acceptors (Lipinski definition) is 4. The number of ketones is 2. The Hall–Kier alpha value is -3.26. The Labute approximate surface area is 270 Å². The number of nitrogens with one attached hydrogen (secondary N) is 1. The summed E-state index contributed by atoms with van der Waals surface area (Å²) in [7, 11) is 0. The predicted octanol–water partition coefficient (Wildman–Crippen LogP) is 8.47. The van der Waals surface area contributed by atoms with Crippen molar-refractivity contribution in [3.8, 4) is 0 Å². The number of Topliss-reactive ketones (excluding diaryl/α,β-unsaturated/α-hetero) is 2. The first-order valence-corrected chi connectivity index (χ1v) is 14.3. The Bertz CT molecular complexity index is 1700. The molecule has 1 N–H and O–H groups in total. The first-order valence-electron chi connectivity index (χ1n) is 13.1. The minimum atomic E-state index is -5.01. The standard InChI is InChI=1S/C30H20Cl3F8NO4/c1-12(46-28(37)38)22(43)11-17-20(34)6-3-14(26(17)36)9-23(44)16-10-15(4-5-19(16)31)42-27(45)25-24(29(25,32)33)13-2-7-21(35)18(8-13)30(39,40)41/h2-8,10,12,24-25,28H,9,11H2,1H3,(H,42,45)/t12?,24-,25+/m0/s1. The molecule has 0 aliphatic heterocycles. The lowest BCUT2D eigenvalue weighted by molar-refractivity contribution is -0.170. The molecule has 3 aromatic rings. The zero-order valence-corrected chi connectivity index (χ0v) is 25.4. The van der Waals surface area contributed by atoms with Gasteiger partial charge in [0.2, 0.25) is 5.91 Å². The number of ether oxygens (including phenoxy) is 1. The van der Waals surface area contributed by atoms with Crippen molar-refractivity contribution in [2.45, 2.75) is 48.9 Å². The van der Waals surface area contributed by atoms with E-state index in [1.54, 1.807) is 0 Å². The summed E-state index contributed by atoms with van der Waals surface area (Å²) < 4.78 is 110. The van der Waals surface area contributed by atoms with Crippen LogP contribution in [0.5, 0.6) is 0 Å². The van der Waals surface area contributed by atoms with Crippen LogP contribution < -0.4 is 5.32 Å². The molecule has 0 bridgehead atoms. The number of hydrogen-bond donors (Lipinski definition) is 1. The summed E-state index contributed by atoms with van der Waals surface area (Å²) >= 11 is 18.6. The van der Waals surface area contributed by atoms with Crippen LogP contribution in [-0.2, 0) is 33.3 Å². The fourth-order valence-corrected chi connectivity index (χ4v) is 5.87. The summed E-state index contributed by atoms with van der Waals surface area (Å²) in [6.45, 7) is -2.30. The zero-order chi connectivity index (χ0) is 34.3. The molecule has 3 aromatic carbocycles. The van der Waals surface area contributed by atoms with Crippen LogP contribution in [0.4, 0.5) is 40.8 Å². The molecule has 0 radical (unpaired) electrons. The van der Waals surface area contributed by atoms with Crippen LogP contribution in [-0.4, -0.2) is 34.5 Å². The molecule has 0 aromatic heterocycles. The van der Waals surface area contributed by atoms with Gasteiger partial charge in [-0.2, -0.15) is 22.0 Å². The quantitative estimate of drug-likeness (QED) is 0.123. The van der Waals surface area contributed by atoms with Crippen LogP contribution in [0.2, 0.25) is 5.02 Å². The summed E-state index contributed by atoms with van der Waals surface area (Å²) in [6.07, 6.45) is -8.31. The van der Waals surface area contributed by atoms with E-state index in [-0.39, 0.29) is 27.4 Å². The zero-order valence-electron chi connectivity index (χ0n) is 23.1. The lowest BCUT2D eigenvalue weighted by atomic mass is 9.97. The molecule has 246 valence electrons. The second-order valence-electron chi connectivity index (χ2n) is 10.3. The van der Waals surface area contributed by atoms with Crippen LogP contribution in [0.1, 0.15) is 45.5 Å². The smallest absolute Gasteiger partial charge is 0.326 e. The first-order chi connectivity index (χ1) is 21.3. The molecule has 3 atom stereocenters. The van der Waals surface area contributed by atoms with Crippen molar-refractivity contribution in [1.82, 2.24) is 0 Å². The molecule has 1 aliphatic rings. The molecule has 1 aliphatic carbocycles. The molecule has 1 amide bonds. The monoisotopic (exact) mass is 715 g/mol. The van der Waals surface area contributed by atoms with Gasteiger partial charge in [0.25, 0.3) is 0 Å². The molecule has 0 spiro atoms. The number of alkyl halides is 7. The average Bonchev–Trinajstić information content (AvgIpc) is 3.54. The van der Waals surface area contributed by atoms with E-state index >= 15 is 4.39 Å². The normalized spacial score (nSPS) is 17.9. The fraction of sp³-hybridized carbons (Fsp3) is 0.300. The van der Waals surface area contributed by atoms with Gasteiger partial charge in [0, 0.05) is 35.6 Å². The summed E-state index contributed by atoms with van der Waals surface area (Å²) in [5, 5.41) is 2.31. The number of amides is 1. The third-order valence-corrected chi connectivity index (χ3v) is 8.52. The molecule has 1 fully saturated rings. The van der Waals surface area contributed by atoms with E-state index in [4.69, 9.17) is 34.8 Å². The van der Waals surface area contributed by atoms with Gasteiger partial charge >= 0.3 is 12.8 Å². The van der Waals surface area contributed by atoms with Crippen molar-refractivity contribution in [2.75, 3.05) is 5.32 Å². The third kappa shape index (κ3) is 7.64. The summed E-state index contributed by atoms with van der Waals surface area (Å²) in [5.74, 6) is -9.05. The van der Waals surface area contributed by atoms with Gasteiger partial charge in [0.1, 0.15) is 27.9 Å². The molecule has 4 rings (SSSR count). The SMILES string of the molecule is CC(OC(F)F)C(=O)Cc1c(F)ccc(CC(=O)c2cc(NC(=O)[C@H]3[C@H](c4ccc(F)c(C(F)(F)F)c4)C3(Cl)Cl)ccc2Cl)c1F. The van der Waals surface area contributed by atoms with Gasteiger partial charge in [-0.1, -0.05) is 23.7 Å². The second-order valence-corrected chi connectivity index (χ2v) is 12.2. The molecule has 46 heavy (non-hydrogen) atoms. The van der Waals surface area contributed by atoms with E-state index in [0.717, 1.165) is 31.2 Å². The molecular formula is C30H20Cl3F8NO4. The Morgan fingerprint density at radius 2 is 1.61 bits per heavy atom. The maximum absolute atomic E-state index is 15.2. The van der Waals surface area contributed by atoms with Crippen LogP contribution in [0.25, 0.3) is 0 Å². The highest BCUT2D eigenvalue weighted by Gasteiger charge is 2.67. The maximum Gasteiger partial charge on any atom is 0.419 e. The molecule has 16 heteroatoms. The van der Waals surface area contributed by atoms with Crippen molar-refractivity contribution in [3.05, 3.63) is 98.8 Å². The van der Waals surface area contributed by atoms with E-state index in [1.165, 1.54) is 12.1 Å². The van der Waals surface area contributed by atoms with Gasteiger partial charge in [0.05, 0.1) is 16.5 Å². The van der Waals surface area contributed by atoms with Crippen LogP contribution in [0, 0.1) is 23.4 Å². The van der Waals surface area contributed by atoms with E-state index in [9.17, 15) is 45.1 Å². The Morgan fingerprint density at radius 3 is 2.24 bits per heavy atom. The van der Waals surface area contributed by atoms with Crippen molar-refractivity contribution in [2.24, 2.45) is 5.92 Å². The van der Waals surface area contributed by atoms with Crippen molar-refractivity contribution < 1.29 is 54.2 Å². The molecular weight excluding hydrogens is 697 g/mol. The number of anilines is 1. The summed E-state index contributed by atoms with van der Waals surface area (Å²) in [6, 6.07) is 7.48. The molecule has 0 saturated heterocycles. The van der Waals surface area contributed by atoms with Gasteiger partial charge in [0.15, 0.2) is 11.6 Å². The predicted molar refractivity (Wildman–Crippen MR) is 152 cm³/mol. The molecule has 1 saturated carbocycles. The van der Waals surface area contributed by atoms with Gasteiger partial charge in [-0.25, -0.2) is 13.2 Å². The van der Waals surface area contributed by atoms with Crippen LogP contribution in [0.3, 0.4) is 0 Å². The summed E-state index contributed by atoms with van der Waals surface area (Å²) in [4.78, 5) is 38.3. The van der Waals surface area contributed by atoms with Crippen LogP contribution in [0.15, 0.2) is 48.5 Å². The highest BCUT2D eigenvalue weighted by atomic mass is 35.5. The van der Waals surface area contributed by atoms with E-state index in [1.807, 2.05) is 0 Å². The Kier molecular flexibility index (Phi) is 10.4. The Morgan fingerprint density at radius 1 is 0.957 bits per heavy atom. The maximum atomic E-state index is 15.2. The van der Waals surface area contributed by atoms with Gasteiger partial charge in [-0.3, -0.25) is 14.4 Å². The van der Waals surface area contributed by atoms with Gasteiger partial charge < -0.3 is 10.1 Å². The van der Waals surface area contributed by atoms with E-state index in [2.05, 4.69) is 10.1 Å². The van der Waals surface area contributed by atoms with Gasteiger partial charge in [-0.15, -0.1) is 23.2 Å². The Balaban J connectivity index is 1.51. The highest BCUT2D eigenvalue weighted by Crippen LogP contribution is 2.65. The van der Waals surface area contributed by atoms with E-state index in [0.29, 0.717) is 12.1 Å². The first kappa shape index (κ1) is 35.6. The second kappa shape index (κ2) is 13.5. The van der Waals surface area contributed by atoms with Crippen molar-refractivity contribution in [3.63, 3.8) is 0 Å². The molecule has 5 nitrogen and oxygen atoms in total. The minimum absolute atomic E-state index is 0.0264. The van der Waals surface area contributed by atoms with Crippen molar-refractivity contribution >= 4 is 58.0 Å². The number of carbonyl (C=O) groups is 3. The number of benzene rings is 3. The molecule has 0 heterocycles. The topological polar surface area (TPSA) is 72.5 Å². The number of halogens is 11. The van der Waals surface area contributed by atoms with Gasteiger partial charge in [-0.05, 0) is 54.4 Å². The lowest BCUT2D eigenvalue weighted by Crippen LogP contribution is -2.25. The average molecular weight is 717 g/mol. The van der Waals surface area contributed by atoms with E-state index < -0.39 is 94.0 Å². The highest BCUT2D eigenvalue weighted by molar-refractivity contribution is 6.53. The molecule has 1 unspecified atom stereocenters. The minimum Gasteiger partial charge on any atom is -0.326 e. The van der Waals surface area contributed by atoms with Crippen molar-refractivity contribution in [1.29, 1.82) is 0 Å². The van der Waals surface area contributed by atoms with Crippen LogP contribution >= 0.6 is 34.8 Å².